The molecule has 2 heterocycles. The van der Waals surface area contributed by atoms with Gasteiger partial charge in [0.25, 0.3) is 0 Å². The third-order valence-corrected chi connectivity index (χ3v) is 4.73. The fourth-order valence-electron chi connectivity index (χ4n) is 2.37. The van der Waals surface area contributed by atoms with Gasteiger partial charge in [-0.15, -0.1) is 11.3 Å². The molecule has 2 N–H and O–H groups in total. The number of nitrogens with two attached hydrogens (primary N) is 1. The summed E-state index contributed by atoms with van der Waals surface area (Å²) >= 11 is 1.83. The van der Waals surface area contributed by atoms with E-state index in [4.69, 9.17) is 10.5 Å². The van der Waals surface area contributed by atoms with Gasteiger partial charge in [0, 0.05) is 24.6 Å². The van der Waals surface area contributed by atoms with Gasteiger partial charge in [0.15, 0.2) is 0 Å². The van der Waals surface area contributed by atoms with E-state index < -0.39 is 0 Å². The second-order valence-electron chi connectivity index (χ2n) is 5.24. The van der Waals surface area contributed by atoms with E-state index in [-0.39, 0.29) is 0 Å². The Morgan fingerprint density at radius 1 is 1.37 bits per heavy atom. The molecule has 0 amide bonds. The van der Waals surface area contributed by atoms with Gasteiger partial charge in [-0.25, -0.2) is 4.98 Å². The van der Waals surface area contributed by atoms with Crippen molar-refractivity contribution in [1.29, 1.82) is 0 Å². The highest BCUT2D eigenvalue weighted by Gasteiger charge is 2.20. The van der Waals surface area contributed by atoms with E-state index in [1.165, 1.54) is 15.6 Å². The summed E-state index contributed by atoms with van der Waals surface area (Å²) in [7, 11) is 0. The van der Waals surface area contributed by atoms with Crippen LogP contribution in [0.15, 0.2) is 0 Å². The Morgan fingerprint density at radius 2 is 2.11 bits per heavy atom. The zero-order valence-electron chi connectivity index (χ0n) is 12.0. The minimum Gasteiger partial charge on any atom is -0.378 e. The van der Waals surface area contributed by atoms with Crippen molar-refractivity contribution >= 4 is 11.3 Å². The molecule has 1 aromatic heterocycles. The Labute approximate surface area is 120 Å². The van der Waals surface area contributed by atoms with E-state index in [1.807, 2.05) is 11.3 Å². The number of rotatable bonds is 6. The first-order valence-corrected chi connectivity index (χ1v) is 7.97. The van der Waals surface area contributed by atoms with Crippen LogP contribution in [0.3, 0.4) is 0 Å². The van der Waals surface area contributed by atoms with Gasteiger partial charge in [-0.1, -0.05) is 0 Å². The average molecular weight is 283 g/mol. The van der Waals surface area contributed by atoms with E-state index in [1.54, 1.807) is 0 Å². The average Bonchev–Trinajstić information content (AvgIpc) is 2.71. The lowest BCUT2D eigenvalue weighted by atomic mass is 10.1. The molecule has 0 unspecified atom stereocenters. The Hall–Kier alpha value is -0.490. The minimum absolute atomic E-state index is 0.433. The Morgan fingerprint density at radius 3 is 2.68 bits per heavy atom. The molecule has 4 nitrogen and oxygen atoms in total. The molecule has 0 spiro atoms. The number of hydrogen-bond donors (Lipinski definition) is 1. The second kappa shape index (κ2) is 7.33. The summed E-state index contributed by atoms with van der Waals surface area (Å²) in [6.07, 6.45) is 3.67. The number of hydrogen-bond acceptors (Lipinski definition) is 5. The number of ether oxygens (including phenoxy) is 1. The van der Waals surface area contributed by atoms with Crippen LogP contribution < -0.4 is 5.73 Å². The zero-order valence-corrected chi connectivity index (χ0v) is 12.8. The predicted octanol–water partition coefficient (Wildman–Crippen LogP) is 2.09. The topological polar surface area (TPSA) is 51.4 Å². The smallest absolute Gasteiger partial charge is 0.107 e. The normalized spacial score (nSPS) is 18.1. The molecule has 1 fully saturated rings. The highest BCUT2D eigenvalue weighted by molar-refractivity contribution is 7.11. The lowest BCUT2D eigenvalue weighted by molar-refractivity contribution is 0.00562. The van der Waals surface area contributed by atoms with Gasteiger partial charge >= 0.3 is 0 Å². The first-order chi connectivity index (χ1) is 9.19. The highest BCUT2D eigenvalue weighted by atomic mass is 32.1. The Balaban J connectivity index is 1.71. The molecule has 2 rings (SSSR count). The summed E-state index contributed by atoms with van der Waals surface area (Å²) in [5.74, 6) is 0. The van der Waals surface area contributed by atoms with Gasteiger partial charge in [-0.2, -0.15) is 0 Å². The highest BCUT2D eigenvalue weighted by Crippen LogP contribution is 2.21. The molecule has 0 saturated carbocycles. The molecule has 0 bridgehead atoms. The van der Waals surface area contributed by atoms with E-state index in [2.05, 4.69) is 23.7 Å². The molecule has 5 heteroatoms. The molecular formula is C14H25N3OS. The van der Waals surface area contributed by atoms with Crippen molar-refractivity contribution in [3.63, 3.8) is 0 Å². The third-order valence-electron chi connectivity index (χ3n) is 3.67. The van der Waals surface area contributed by atoms with Gasteiger partial charge in [0.1, 0.15) is 5.01 Å². The number of likely N-dealkylation sites (tertiary alicyclic amines) is 1. The second-order valence-corrected chi connectivity index (χ2v) is 6.53. The lowest BCUT2D eigenvalue weighted by Crippen LogP contribution is -2.36. The van der Waals surface area contributed by atoms with Crippen molar-refractivity contribution in [2.75, 3.05) is 26.2 Å². The predicted molar refractivity (Wildman–Crippen MR) is 79.5 cm³/mol. The first kappa shape index (κ1) is 14.9. The fraction of sp³-hybridized carbons (Fsp3) is 0.786. The molecule has 0 atom stereocenters. The molecule has 1 aliphatic rings. The van der Waals surface area contributed by atoms with Crippen LogP contribution in [0, 0.1) is 13.8 Å². The summed E-state index contributed by atoms with van der Waals surface area (Å²) in [6.45, 7) is 9.00. The molecule has 1 saturated heterocycles. The SMILES string of the molecule is Cc1nc(CN2CCC(OCCCN)CC2)sc1C. The molecule has 108 valence electrons. The Kier molecular flexibility index (Phi) is 5.76. The van der Waals surface area contributed by atoms with E-state index in [9.17, 15) is 0 Å². The first-order valence-electron chi connectivity index (χ1n) is 7.16. The summed E-state index contributed by atoms with van der Waals surface area (Å²) in [4.78, 5) is 8.44. The zero-order chi connectivity index (χ0) is 13.7. The van der Waals surface area contributed by atoms with Crippen LogP contribution in [0.1, 0.15) is 34.8 Å². The molecule has 0 aliphatic carbocycles. The molecule has 0 aromatic carbocycles. The van der Waals surface area contributed by atoms with Crippen LogP contribution in [-0.2, 0) is 11.3 Å². The summed E-state index contributed by atoms with van der Waals surface area (Å²) in [6, 6.07) is 0. The quantitative estimate of drug-likeness (QED) is 0.812. The van der Waals surface area contributed by atoms with Crippen LogP contribution >= 0.6 is 11.3 Å². The number of aromatic nitrogens is 1. The van der Waals surface area contributed by atoms with Crippen LogP contribution in [0.2, 0.25) is 0 Å². The standard InChI is InChI=1S/C14H25N3OS/c1-11-12(2)19-14(16-11)10-17-7-4-13(5-8-17)18-9-3-6-15/h13H,3-10,15H2,1-2H3. The molecule has 0 radical (unpaired) electrons. The summed E-state index contributed by atoms with van der Waals surface area (Å²) < 4.78 is 5.83. The number of thiazole rings is 1. The maximum Gasteiger partial charge on any atom is 0.107 e. The summed E-state index contributed by atoms with van der Waals surface area (Å²) in [5.41, 5.74) is 6.65. The monoisotopic (exact) mass is 283 g/mol. The van der Waals surface area contributed by atoms with Crippen LogP contribution in [0.25, 0.3) is 0 Å². The van der Waals surface area contributed by atoms with Crippen molar-refractivity contribution in [3.05, 3.63) is 15.6 Å². The van der Waals surface area contributed by atoms with Crippen molar-refractivity contribution in [2.24, 2.45) is 5.73 Å². The van der Waals surface area contributed by atoms with Crippen molar-refractivity contribution in [3.8, 4) is 0 Å². The number of aryl methyl sites for hydroxylation is 2. The van der Waals surface area contributed by atoms with Gasteiger partial charge in [-0.3, -0.25) is 4.90 Å². The number of nitrogens with zero attached hydrogens (tertiary/aromatic N) is 2. The minimum atomic E-state index is 0.433. The molecule has 1 aliphatic heterocycles. The molecule has 19 heavy (non-hydrogen) atoms. The van der Waals surface area contributed by atoms with Crippen LogP contribution in [0.4, 0.5) is 0 Å². The van der Waals surface area contributed by atoms with Gasteiger partial charge < -0.3 is 10.5 Å². The largest absolute Gasteiger partial charge is 0.378 e. The van der Waals surface area contributed by atoms with Gasteiger partial charge in [0.05, 0.1) is 18.3 Å². The van der Waals surface area contributed by atoms with Crippen LogP contribution in [0.5, 0.6) is 0 Å². The molecule has 1 aromatic rings. The fourth-order valence-corrected chi connectivity index (χ4v) is 3.34. The Bertz CT molecular complexity index is 367. The van der Waals surface area contributed by atoms with E-state index in [0.29, 0.717) is 6.10 Å². The lowest BCUT2D eigenvalue weighted by Gasteiger charge is -2.31. The number of piperidine rings is 1. The maximum absolute atomic E-state index is 5.83. The van der Waals surface area contributed by atoms with E-state index >= 15 is 0 Å². The van der Waals surface area contributed by atoms with Crippen molar-refractivity contribution < 1.29 is 4.74 Å². The maximum atomic E-state index is 5.83. The molecular weight excluding hydrogens is 258 g/mol. The van der Waals surface area contributed by atoms with Gasteiger partial charge in [0.2, 0.25) is 0 Å². The van der Waals surface area contributed by atoms with Gasteiger partial charge in [-0.05, 0) is 39.7 Å². The summed E-state index contributed by atoms with van der Waals surface area (Å²) in [5, 5.41) is 1.25. The van der Waals surface area contributed by atoms with Crippen molar-refractivity contribution in [2.45, 2.75) is 45.8 Å². The third kappa shape index (κ3) is 4.53. The van der Waals surface area contributed by atoms with E-state index in [0.717, 1.165) is 52.0 Å². The van der Waals surface area contributed by atoms with Crippen LogP contribution in [-0.4, -0.2) is 42.2 Å². The van der Waals surface area contributed by atoms with Crippen molar-refractivity contribution in [1.82, 2.24) is 9.88 Å².